The van der Waals surface area contributed by atoms with Gasteiger partial charge in [0.1, 0.15) is 11.5 Å². The van der Waals surface area contributed by atoms with E-state index in [4.69, 9.17) is 5.11 Å². The molecule has 0 aliphatic rings. The van der Waals surface area contributed by atoms with Crippen molar-refractivity contribution in [3.05, 3.63) is 52.0 Å². The molecule has 0 spiro atoms. The highest BCUT2D eigenvalue weighted by molar-refractivity contribution is 9.10. The Hall–Kier alpha value is -1.62. The first kappa shape index (κ1) is 11.9. The van der Waals surface area contributed by atoms with Crippen LogP contribution in [0.4, 0.5) is 4.39 Å². The van der Waals surface area contributed by atoms with Crippen molar-refractivity contribution in [2.75, 3.05) is 0 Å². The number of halogens is 2. The molecule has 88 valence electrons. The summed E-state index contributed by atoms with van der Waals surface area (Å²) in [7, 11) is 0. The van der Waals surface area contributed by atoms with Gasteiger partial charge in [0.25, 0.3) is 0 Å². The fourth-order valence-corrected chi connectivity index (χ4v) is 2.12. The molecule has 0 aliphatic heterocycles. The van der Waals surface area contributed by atoms with E-state index >= 15 is 0 Å². The van der Waals surface area contributed by atoms with E-state index in [9.17, 15) is 9.18 Å². The van der Waals surface area contributed by atoms with Gasteiger partial charge in [0.05, 0.1) is 10.2 Å². The first-order valence-corrected chi connectivity index (χ1v) is 5.66. The smallest absolute Gasteiger partial charge is 0.352 e. The van der Waals surface area contributed by atoms with Crippen LogP contribution in [0.5, 0.6) is 0 Å². The summed E-state index contributed by atoms with van der Waals surface area (Å²) in [6.45, 7) is 1.80. The molecule has 0 aliphatic carbocycles. The first-order valence-electron chi connectivity index (χ1n) is 4.87. The Morgan fingerprint density at radius 2 is 2.18 bits per heavy atom. The summed E-state index contributed by atoms with van der Waals surface area (Å²) < 4.78 is 15.3. The number of hydrogen-bond acceptors (Lipinski definition) is 1. The molecule has 0 unspecified atom stereocenters. The second kappa shape index (κ2) is 4.33. The Morgan fingerprint density at radius 3 is 2.82 bits per heavy atom. The van der Waals surface area contributed by atoms with Crippen LogP contribution in [0.25, 0.3) is 5.69 Å². The van der Waals surface area contributed by atoms with Crippen LogP contribution in [0, 0.1) is 12.7 Å². The lowest BCUT2D eigenvalue weighted by molar-refractivity contribution is 0.0688. The van der Waals surface area contributed by atoms with Crippen molar-refractivity contribution < 1.29 is 14.3 Å². The molecular formula is C12H9BrFNO2. The van der Waals surface area contributed by atoms with Gasteiger partial charge in [-0.05, 0) is 52.7 Å². The van der Waals surface area contributed by atoms with Crippen molar-refractivity contribution in [2.45, 2.75) is 6.92 Å². The number of benzene rings is 1. The second-order valence-electron chi connectivity index (χ2n) is 3.62. The van der Waals surface area contributed by atoms with Crippen LogP contribution < -0.4 is 0 Å². The molecule has 1 N–H and O–H groups in total. The van der Waals surface area contributed by atoms with Crippen molar-refractivity contribution in [1.29, 1.82) is 0 Å². The van der Waals surface area contributed by atoms with Crippen LogP contribution >= 0.6 is 15.9 Å². The summed E-state index contributed by atoms with van der Waals surface area (Å²) in [5.74, 6) is -1.46. The fourth-order valence-electron chi connectivity index (χ4n) is 1.66. The van der Waals surface area contributed by atoms with Crippen LogP contribution in [-0.4, -0.2) is 15.6 Å². The minimum absolute atomic E-state index is 0.106. The largest absolute Gasteiger partial charge is 0.477 e. The molecule has 2 rings (SSSR count). The fraction of sp³-hybridized carbons (Fsp3) is 0.0833. The van der Waals surface area contributed by atoms with Gasteiger partial charge in [0, 0.05) is 6.20 Å². The van der Waals surface area contributed by atoms with Crippen LogP contribution in [-0.2, 0) is 0 Å². The molecule has 0 radical (unpaired) electrons. The van der Waals surface area contributed by atoms with Gasteiger partial charge in [0.15, 0.2) is 0 Å². The van der Waals surface area contributed by atoms with Gasteiger partial charge in [0.2, 0.25) is 0 Å². The van der Waals surface area contributed by atoms with Gasteiger partial charge >= 0.3 is 5.97 Å². The van der Waals surface area contributed by atoms with E-state index in [0.717, 1.165) is 5.56 Å². The van der Waals surface area contributed by atoms with Gasteiger partial charge in [-0.25, -0.2) is 9.18 Å². The molecule has 1 aromatic carbocycles. The topological polar surface area (TPSA) is 42.2 Å². The normalized spacial score (nSPS) is 10.5. The Bertz CT molecular complexity index is 592. The lowest BCUT2D eigenvalue weighted by atomic mass is 10.2. The maximum Gasteiger partial charge on any atom is 0.352 e. The predicted octanol–water partition coefficient (Wildman–Crippen LogP) is 3.39. The molecule has 0 atom stereocenters. The van der Waals surface area contributed by atoms with E-state index in [2.05, 4.69) is 15.9 Å². The van der Waals surface area contributed by atoms with Crippen LogP contribution in [0.3, 0.4) is 0 Å². The second-order valence-corrected chi connectivity index (χ2v) is 4.48. The number of carbonyl (C=O) groups is 1. The number of hydrogen-bond donors (Lipinski definition) is 1. The van der Waals surface area contributed by atoms with Crippen molar-refractivity contribution in [3.63, 3.8) is 0 Å². The minimum Gasteiger partial charge on any atom is -0.477 e. The third-order valence-electron chi connectivity index (χ3n) is 2.47. The molecule has 0 saturated carbocycles. The van der Waals surface area contributed by atoms with Gasteiger partial charge in [-0.2, -0.15) is 0 Å². The average Bonchev–Trinajstić information content (AvgIpc) is 2.72. The third kappa shape index (κ3) is 2.10. The summed E-state index contributed by atoms with van der Waals surface area (Å²) >= 11 is 3.09. The van der Waals surface area contributed by atoms with Gasteiger partial charge in [-0.1, -0.05) is 0 Å². The molecule has 0 amide bonds. The zero-order chi connectivity index (χ0) is 12.6. The standard InChI is InChI=1S/C12H9BrFNO2/c1-7-5-8(13)9(14)6-11(7)15-4-2-3-10(15)12(16)17/h2-6H,1H3,(H,16,17). The Kier molecular flexibility index (Phi) is 3.02. The van der Waals surface area contributed by atoms with Crippen LogP contribution in [0.2, 0.25) is 0 Å². The molecule has 17 heavy (non-hydrogen) atoms. The molecule has 0 fully saturated rings. The number of nitrogens with zero attached hydrogens (tertiary/aromatic N) is 1. The quantitative estimate of drug-likeness (QED) is 0.923. The monoisotopic (exact) mass is 297 g/mol. The van der Waals surface area contributed by atoms with E-state index < -0.39 is 11.8 Å². The number of carboxylic acid groups (broad SMARTS) is 1. The van der Waals surface area contributed by atoms with Crippen molar-refractivity contribution in [1.82, 2.24) is 4.57 Å². The zero-order valence-electron chi connectivity index (χ0n) is 8.95. The number of aromatic carboxylic acids is 1. The van der Waals surface area contributed by atoms with Crippen molar-refractivity contribution in [2.24, 2.45) is 0 Å². The van der Waals surface area contributed by atoms with E-state index in [1.807, 2.05) is 0 Å². The molecule has 0 bridgehead atoms. The minimum atomic E-state index is -1.04. The summed E-state index contributed by atoms with van der Waals surface area (Å²) in [6, 6.07) is 6.02. The van der Waals surface area contributed by atoms with E-state index in [1.165, 1.54) is 16.7 Å². The molecule has 1 aromatic heterocycles. The maximum absolute atomic E-state index is 13.5. The Morgan fingerprint density at radius 1 is 1.47 bits per heavy atom. The number of carboxylic acids is 1. The van der Waals surface area contributed by atoms with Crippen LogP contribution in [0.1, 0.15) is 16.1 Å². The molecule has 0 saturated heterocycles. The Labute approximate surface area is 106 Å². The SMILES string of the molecule is Cc1cc(Br)c(F)cc1-n1cccc1C(=O)O. The molecule has 2 aromatic rings. The molecule has 3 nitrogen and oxygen atoms in total. The number of rotatable bonds is 2. The lowest BCUT2D eigenvalue weighted by Gasteiger charge is -2.10. The predicted molar refractivity (Wildman–Crippen MR) is 65.1 cm³/mol. The summed E-state index contributed by atoms with van der Waals surface area (Å²) in [4.78, 5) is 11.0. The van der Waals surface area contributed by atoms with E-state index in [1.54, 1.807) is 25.3 Å². The zero-order valence-corrected chi connectivity index (χ0v) is 10.5. The van der Waals surface area contributed by atoms with E-state index in [-0.39, 0.29) is 5.69 Å². The molecular weight excluding hydrogens is 289 g/mol. The van der Waals surface area contributed by atoms with Crippen LogP contribution in [0.15, 0.2) is 34.9 Å². The van der Waals surface area contributed by atoms with E-state index in [0.29, 0.717) is 10.2 Å². The lowest BCUT2D eigenvalue weighted by Crippen LogP contribution is -2.07. The number of aromatic nitrogens is 1. The van der Waals surface area contributed by atoms with Gasteiger partial charge in [-0.15, -0.1) is 0 Å². The highest BCUT2D eigenvalue weighted by Crippen LogP contribution is 2.24. The Balaban J connectivity index is 2.64. The molecule has 5 heteroatoms. The summed E-state index contributed by atoms with van der Waals surface area (Å²) in [5, 5.41) is 9.01. The highest BCUT2D eigenvalue weighted by atomic mass is 79.9. The number of aryl methyl sites for hydroxylation is 1. The summed E-state index contributed by atoms with van der Waals surface area (Å²) in [5.41, 5.74) is 1.42. The van der Waals surface area contributed by atoms with Crippen molar-refractivity contribution in [3.8, 4) is 5.69 Å². The summed E-state index contributed by atoms with van der Waals surface area (Å²) in [6.07, 6.45) is 1.60. The van der Waals surface area contributed by atoms with Gasteiger partial charge in [-0.3, -0.25) is 0 Å². The highest BCUT2D eigenvalue weighted by Gasteiger charge is 2.13. The third-order valence-corrected chi connectivity index (χ3v) is 3.07. The maximum atomic E-state index is 13.5. The molecule has 1 heterocycles. The first-order chi connectivity index (χ1) is 8.00. The van der Waals surface area contributed by atoms with Gasteiger partial charge < -0.3 is 9.67 Å². The van der Waals surface area contributed by atoms with Crippen molar-refractivity contribution >= 4 is 21.9 Å². The average molecular weight is 298 g/mol.